The number of aliphatic imine (C=N–C) groups is 1. The molecule has 1 aromatic carbocycles. The molecule has 0 bridgehead atoms. The van der Waals surface area contributed by atoms with Gasteiger partial charge >= 0.3 is 0 Å². The zero-order valence-corrected chi connectivity index (χ0v) is 10.6. The second-order valence-electron chi connectivity index (χ2n) is 4.59. The Hall–Kier alpha value is -2.89. The standard InChI is InChI=1S/C14H12N6/c15-13-18-12(9-5-7-16-8-6-9)20-11-4-2-1-3-10(11)17-14(20)19-13/h1-8,12H,(H3,15,17,18,19)/t12-/m1/s1. The first kappa shape index (κ1) is 11.0. The van der Waals surface area contributed by atoms with Gasteiger partial charge in [0.15, 0.2) is 12.1 Å². The van der Waals surface area contributed by atoms with Gasteiger partial charge in [0.25, 0.3) is 0 Å². The number of anilines is 1. The average molecular weight is 264 g/mol. The minimum Gasteiger partial charge on any atom is -0.370 e. The molecule has 0 aliphatic carbocycles. The van der Waals surface area contributed by atoms with Crippen LogP contribution in [-0.4, -0.2) is 20.5 Å². The molecule has 0 unspecified atom stereocenters. The minimum absolute atomic E-state index is 0.221. The van der Waals surface area contributed by atoms with Crippen LogP contribution in [0.15, 0.2) is 53.8 Å². The SMILES string of the molecule is NC1=N[C@@H](c2ccncc2)n2c(nc3ccccc32)N1. The van der Waals surface area contributed by atoms with Crippen molar-refractivity contribution in [1.29, 1.82) is 0 Å². The normalized spacial score (nSPS) is 17.4. The summed E-state index contributed by atoms with van der Waals surface area (Å²) < 4.78 is 2.04. The predicted octanol–water partition coefficient (Wildman–Crippen LogP) is 1.72. The fraction of sp³-hybridized carbons (Fsp3) is 0.0714. The van der Waals surface area contributed by atoms with Crippen molar-refractivity contribution in [3.63, 3.8) is 0 Å². The van der Waals surface area contributed by atoms with Crippen LogP contribution in [0.4, 0.5) is 5.95 Å². The van der Waals surface area contributed by atoms with E-state index in [1.165, 1.54) is 0 Å². The van der Waals surface area contributed by atoms with Crippen LogP contribution in [0, 0.1) is 0 Å². The highest BCUT2D eigenvalue weighted by molar-refractivity contribution is 5.94. The highest BCUT2D eigenvalue weighted by Crippen LogP contribution is 2.31. The summed E-state index contributed by atoms with van der Waals surface area (Å²) in [5.74, 6) is 1.08. The number of imidazole rings is 1. The van der Waals surface area contributed by atoms with Crippen LogP contribution < -0.4 is 11.1 Å². The van der Waals surface area contributed by atoms with E-state index in [-0.39, 0.29) is 6.17 Å². The van der Waals surface area contributed by atoms with Crippen molar-refractivity contribution >= 4 is 22.9 Å². The Bertz CT molecular complexity index is 805. The van der Waals surface area contributed by atoms with Gasteiger partial charge in [-0.25, -0.2) is 9.98 Å². The van der Waals surface area contributed by atoms with Crippen LogP contribution in [0.25, 0.3) is 11.0 Å². The van der Waals surface area contributed by atoms with Crippen molar-refractivity contribution in [2.24, 2.45) is 10.7 Å². The lowest BCUT2D eigenvalue weighted by atomic mass is 10.2. The molecule has 0 fully saturated rings. The van der Waals surface area contributed by atoms with Crippen LogP contribution in [0.1, 0.15) is 11.7 Å². The third-order valence-electron chi connectivity index (χ3n) is 3.35. The lowest BCUT2D eigenvalue weighted by molar-refractivity contribution is 0.625. The molecule has 0 saturated carbocycles. The van der Waals surface area contributed by atoms with Crippen LogP contribution in [0.2, 0.25) is 0 Å². The number of nitrogens with one attached hydrogen (secondary N) is 1. The van der Waals surface area contributed by atoms with Crippen molar-refractivity contribution in [3.05, 3.63) is 54.4 Å². The molecule has 6 nitrogen and oxygen atoms in total. The summed E-state index contributed by atoms with van der Waals surface area (Å²) in [6.07, 6.45) is 3.28. The van der Waals surface area contributed by atoms with Gasteiger partial charge < -0.3 is 5.73 Å². The topological polar surface area (TPSA) is 81.1 Å². The summed E-state index contributed by atoms with van der Waals surface area (Å²) in [5, 5.41) is 3.01. The molecule has 20 heavy (non-hydrogen) atoms. The number of guanidine groups is 1. The Morgan fingerprint density at radius 1 is 1.10 bits per heavy atom. The minimum atomic E-state index is -0.221. The van der Waals surface area contributed by atoms with Crippen molar-refractivity contribution in [2.45, 2.75) is 6.17 Å². The molecule has 1 aliphatic heterocycles. The van der Waals surface area contributed by atoms with Gasteiger partial charge in [-0.3, -0.25) is 14.9 Å². The third-order valence-corrected chi connectivity index (χ3v) is 3.35. The molecule has 98 valence electrons. The number of hydrogen-bond acceptors (Lipinski definition) is 5. The van der Waals surface area contributed by atoms with Crippen LogP contribution in [0.3, 0.4) is 0 Å². The smallest absolute Gasteiger partial charge is 0.212 e. The second kappa shape index (κ2) is 4.06. The van der Waals surface area contributed by atoms with Gasteiger partial charge in [-0.05, 0) is 24.3 Å². The van der Waals surface area contributed by atoms with Gasteiger partial charge in [0.05, 0.1) is 11.0 Å². The van der Waals surface area contributed by atoms with Gasteiger partial charge in [-0.2, -0.15) is 0 Å². The van der Waals surface area contributed by atoms with Gasteiger partial charge in [0, 0.05) is 18.0 Å². The first-order chi connectivity index (χ1) is 9.83. The average Bonchev–Trinajstić information content (AvgIpc) is 2.85. The predicted molar refractivity (Wildman–Crippen MR) is 77.4 cm³/mol. The Balaban J connectivity index is 1.98. The molecule has 2 aromatic heterocycles. The molecule has 3 N–H and O–H groups in total. The summed E-state index contributed by atoms with van der Waals surface area (Å²) in [7, 11) is 0. The van der Waals surface area contributed by atoms with E-state index >= 15 is 0 Å². The zero-order chi connectivity index (χ0) is 13.5. The van der Waals surface area contributed by atoms with Crippen LogP contribution >= 0.6 is 0 Å². The second-order valence-corrected chi connectivity index (χ2v) is 4.59. The highest BCUT2D eigenvalue weighted by Gasteiger charge is 2.24. The molecule has 4 rings (SSSR count). The summed E-state index contributed by atoms with van der Waals surface area (Å²) in [6.45, 7) is 0. The van der Waals surface area contributed by atoms with Crippen molar-refractivity contribution in [2.75, 3.05) is 5.32 Å². The molecular formula is C14H12N6. The number of aromatic nitrogens is 3. The molecule has 1 atom stereocenters. The van der Waals surface area contributed by atoms with E-state index in [1.807, 2.05) is 41.0 Å². The number of rotatable bonds is 1. The fourth-order valence-electron chi connectivity index (χ4n) is 2.48. The Kier molecular flexibility index (Phi) is 2.23. The monoisotopic (exact) mass is 264 g/mol. The van der Waals surface area contributed by atoms with Gasteiger partial charge in [-0.15, -0.1) is 0 Å². The summed E-state index contributed by atoms with van der Waals surface area (Å²) >= 11 is 0. The molecule has 0 amide bonds. The highest BCUT2D eigenvalue weighted by atomic mass is 15.4. The number of fused-ring (bicyclic) bond motifs is 3. The van der Waals surface area contributed by atoms with E-state index in [2.05, 4.69) is 20.3 Å². The number of benzene rings is 1. The quantitative estimate of drug-likeness (QED) is 0.701. The molecule has 0 saturated heterocycles. The summed E-state index contributed by atoms with van der Waals surface area (Å²) in [4.78, 5) is 13.1. The van der Waals surface area contributed by atoms with E-state index in [1.54, 1.807) is 12.4 Å². The van der Waals surface area contributed by atoms with Crippen molar-refractivity contribution < 1.29 is 0 Å². The number of pyridine rings is 1. The molecule has 1 aliphatic rings. The number of nitrogens with zero attached hydrogens (tertiary/aromatic N) is 4. The molecule has 0 radical (unpaired) electrons. The number of hydrogen-bond donors (Lipinski definition) is 2. The molecular weight excluding hydrogens is 252 g/mol. The van der Waals surface area contributed by atoms with E-state index < -0.39 is 0 Å². The maximum absolute atomic E-state index is 5.87. The summed E-state index contributed by atoms with van der Waals surface area (Å²) in [5.41, 5.74) is 8.83. The maximum Gasteiger partial charge on any atom is 0.212 e. The van der Waals surface area contributed by atoms with Gasteiger partial charge in [-0.1, -0.05) is 12.1 Å². The van der Waals surface area contributed by atoms with E-state index in [0.29, 0.717) is 11.9 Å². The molecule has 0 spiro atoms. The first-order valence-corrected chi connectivity index (χ1v) is 6.30. The largest absolute Gasteiger partial charge is 0.370 e. The molecule has 3 aromatic rings. The van der Waals surface area contributed by atoms with Crippen LogP contribution in [0.5, 0.6) is 0 Å². The summed E-state index contributed by atoms with van der Waals surface area (Å²) in [6, 6.07) is 11.8. The number of para-hydroxylation sites is 2. The zero-order valence-electron chi connectivity index (χ0n) is 10.6. The maximum atomic E-state index is 5.87. The Labute approximate surface area is 115 Å². The van der Waals surface area contributed by atoms with Gasteiger partial charge in [0.1, 0.15) is 0 Å². The van der Waals surface area contributed by atoms with Crippen molar-refractivity contribution in [3.8, 4) is 0 Å². The fourth-order valence-corrected chi connectivity index (χ4v) is 2.48. The molecule has 6 heteroatoms. The Morgan fingerprint density at radius 2 is 1.90 bits per heavy atom. The lowest BCUT2D eigenvalue weighted by Crippen LogP contribution is -2.31. The van der Waals surface area contributed by atoms with Crippen LogP contribution in [-0.2, 0) is 0 Å². The Morgan fingerprint density at radius 3 is 2.75 bits per heavy atom. The van der Waals surface area contributed by atoms with E-state index in [4.69, 9.17) is 5.73 Å². The van der Waals surface area contributed by atoms with E-state index in [9.17, 15) is 0 Å². The first-order valence-electron chi connectivity index (χ1n) is 6.30. The number of nitrogens with two attached hydrogens (primary N) is 1. The lowest BCUT2D eigenvalue weighted by Gasteiger charge is -2.23. The molecule has 3 heterocycles. The van der Waals surface area contributed by atoms with Gasteiger partial charge in [0.2, 0.25) is 5.95 Å². The third kappa shape index (κ3) is 1.55. The van der Waals surface area contributed by atoms with E-state index in [0.717, 1.165) is 16.6 Å². The van der Waals surface area contributed by atoms with Crippen molar-refractivity contribution in [1.82, 2.24) is 14.5 Å².